The number of halogens is 2. The van der Waals surface area contributed by atoms with Crippen LogP contribution in [0.4, 0.5) is 8.78 Å². The fraction of sp³-hybridized carbons (Fsp3) is 0.125. The van der Waals surface area contributed by atoms with Crippen LogP contribution in [-0.4, -0.2) is 12.6 Å². The van der Waals surface area contributed by atoms with Gasteiger partial charge in [0.2, 0.25) is 0 Å². The van der Waals surface area contributed by atoms with Crippen LogP contribution in [0.2, 0.25) is 0 Å². The summed E-state index contributed by atoms with van der Waals surface area (Å²) >= 11 is 1.15. The molecule has 3 aromatic carbocycles. The van der Waals surface area contributed by atoms with Crippen molar-refractivity contribution >= 4 is 34.8 Å². The van der Waals surface area contributed by atoms with E-state index < -0.39 is 24.6 Å². The third-order valence-corrected chi connectivity index (χ3v) is 7.74. The standard InChI is InChI=1S/C24H19F2O4PS/c1-31(28,30-20-10-6-3-7-11-20)24(25,26)19-12-13-21-18(14-19)15-22(32-21)23(27)29-16-17-8-4-2-5-9-17/h2-15H,16H2,1H3. The highest BCUT2D eigenvalue weighted by Crippen LogP contribution is 2.63. The molecule has 0 amide bonds. The van der Waals surface area contributed by atoms with E-state index in [2.05, 4.69) is 0 Å². The number of carbonyl (C=O) groups is 1. The first-order valence-electron chi connectivity index (χ1n) is 9.71. The number of carbonyl (C=O) groups excluding carboxylic acids is 1. The number of rotatable bonds is 7. The molecule has 1 unspecified atom stereocenters. The molecule has 0 aliphatic heterocycles. The van der Waals surface area contributed by atoms with Crippen molar-refractivity contribution < 1.29 is 27.4 Å². The molecule has 0 fully saturated rings. The summed E-state index contributed by atoms with van der Waals surface area (Å²) in [5, 5.41) is 0.443. The Bertz CT molecular complexity index is 1290. The van der Waals surface area contributed by atoms with Crippen molar-refractivity contribution in [2.75, 3.05) is 6.66 Å². The minimum absolute atomic E-state index is 0.109. The zero-order valence-corrected chi connectivity index (χ0v) is 18.7. The Morgan fingerprint density at radius 1 is 0.969 bits per heavy atom. The van der Waals surface area contributed by atoms with E-state index in [-0.39, 0.29) is 12.4 Å². The zero-order chi connectivity index (χ0) is 22.8. The van der Waals surface area contributed by atoms with Crippen molar-refractivity contribution in [1.82, 2.24) is 0 Å². The molecule has 4 nitrogen and oxygen atoms in total. The number of thiophene rings is 1. The van der Waals surface area contributed by atoms with Crippen LogP contribution >= 0.6 is 18.7 Å². The van der Waals surface area contributed by atoms with E-state index in [1.807, 2.05) is 30.3 Å². The van der Waals surface area contributed by atoms with Crippen LogP contribution in [-0.2, 0) is 21.6 Å². The molecule has 0 aliphatic carbocycles. The highest BCUT2D eigenvalue weighted by Gasteiger charge is 2.50. The second-order valence-electron chi connectivity index (χ2n) is 7.22. The summed E-state index contributed by atoms with van der Waals surface area (Å²) in [4.78, 5) is 12.7. The Hall–Kier alpha value is -3.02. The molecule has 0 saturated heterocycles. The van der Waals surface area contributed by atoms with Gasteiger partial charge in [-0.25, -0.2) is 4.79 Å². The Labute approximate surface area is 187 Å². The van der Waals surface area contributed by atoms with E-state index in [0.29, 0.717) is 15.0 Å². The third-order valence-electron chi connectivity index (χ3n) is 4.81. The minimum Gasteiger partial charge on any atom is -0.457 e. The van der Waals surface area contributed by atoms with Crippen molar-refractivity contribution in [2.45, 2.75) is 12.3 Å². The Balaban J connectivity index is 1.55. The molecular weight excluding hydrogens is 453 g/mol. The van der Waals surface area contributed by atoms with Gasteiger partial charge < -0.3 is 9.26 Å². The van der Waals surface area contributed by atoms with Crippen LogP contribution in [0.15, 0.2) is 84.9 Å². The van der Waals surface area contributed by atoms with Gasteiger partial charge in [-0.05, 0) is 41.3 Å². The number of hydrogen-bond acceptors (Lipinski definition) is 5. The Morgan fingerprint density at radius 2 is 1.62 bits per heavy atom. The Morgan fingerprint density at radius 3 is 2.31 bits per heavy atom. The molecule has 1 heterocycles. The van der Waals surface area contributed by atoms with E-state index in [0.717, 1.165) is 23.6 Å². The van der Waals surface area contributed by atoms with Gasteiger partial charge in [-0.3, -0.25) is 4.57 Å². The topological polar surface area (TPSA) is 52.6 Å². The van der Waals surface area contributed by atoms with Gasteiger partial charge in [0, 0.05) is 16.9 Å². The minimum atomic E-state index is -4.40. The van der Waals surface area contributed by atoms with Crippen LogP contribution in [0.5, 0.6) is 5.75 Å². The second-order valence-corrected chi connectivity index (χ2v) is 10.7. The smallest absolute Gasteiger partial charge is 0.356 e. The Kier molecular flexibility index (Phi) is 6.13. The lowest BCUT2D eigenvalue weighted by Gasteiger charge is -2.25. The molecule has 164 valence electrons. The summed E-state index contributed by atoms with van der Waals surface area (Å²) in [5.41, 5.74) is -3.30. The van der Waals surface area contributed by atoms with Gasteiger partial charge in [-0.1, -0.05) is 54.6 Å². The predicted molar refractivity (Wildman–Crippen MR) is 122 cm³/mol. The molecule has 32 heavy (non-hydrogen) atoms. The van der Waals surface area contributed by atoms with Crippen LogP contribution < -0.4 is 4.52 Å². The van der Waals surface area contributed by atoms with Crippen molar-refractivity contribution in [3.63, 3.8) is 0 Å². The normalized spacial score (nSPS) is 13.5. The zero-order valence-electron chi connectivity index (χ0n) is 17.0. The maximum absolute atomic E-state index is 15.1. The lowest BCUT2D eigenvalue weighted by atomic mass is 10.1. The highest BCUT2D eigenvalue weighted by molar-refractivity contribution is 7.59. The summed E-state index contributed by atoms with van der Waals surface area (Å²) < 4.78 is 54.3. The first kappa shape index (κ1) is 22.2. The van der Waals surface area contributed by atoms with Gasteiger partial charge in [0.1, 0.15) is 17.2 Å². The third kappa shape index (κ3) is 4.59. The highest BCUT2D eigenvalue weighted by atomic mass is 32.1. The average molecular weight is 472 g/mol. The fourth-order valence-corrected chi connectivity index (χ4v) is 5.28. The largest absolute Gasteiger partial charge is 0.457 e. The lowest BCUT2D eigenvalue weighted by molar-refractivity contribution is 0.0478. The van der Waals surface area contributed by atoms with E-state index in [1.165, 1.54) is 36.4 Å². The summed E-state index contributed by atoms with van der Waals surface area (Å²) in [7, 11) is -4.40. The van der Waals surface area contributed by atoms with Crippen LogP contribution in [0, 0.1) is 0 Å². The van der Waals surface area contributed by atoms with Crippen LogP contribution in [0.25, 0.3) is 10.1 Å². The molecule has 0 N–H and O–H groups in total. The number of esters is 1. The molecule has 0 radical (unpaired) electrons. The molecule has 0 aliphatic rings. The summed E-state index contributed by atoms with van der Waals surface area (Å²) in [6, 6.07) is 22.6. The van der Waals surface area contributed by atoms with Gasteiger partial charge in [-0.2, -0.15) is 8.78 Å². The van der Waals surface area contributed by atoms with E-state index in [1.54, 1.807) is 18.2 Å². The van der Waals surface area contributed by atoms with E-state index >= 15 is 8.78 Å². The van der Waals surface area contributed by atoms with Crippen molar-refractivity contribution in [1.29, 1.82) is 0 Å². The molecule has 0 spiro atoms. The number of alkyl halides is 2. The first-order chi connectivity index (χ1) is 15.3. The van der Waals surface area contributed by atoms with Crippen molar-refractivity contribution in [3.05, 3.63) is 101 Å². The van der Waals surface area contributed by atoms with Gasteiger partial charge in [0.05, 0.1) is 0 Å². The molecule has 0 bridgehead atoms. The number of ether oxygens (including phenoxy) is 1. The first-order valence-corrected chi connectivity index (χ1v) is 12.6. The van der Waals surface area contributed by atoms with Crippen molar-refractivity contribution in [3.8, 4) is 5.75 Å². The summed E-state index contributed by atoms with van der Waals surface area (Å²) in [6.07, 6.45) is 0. The number of benzene rings is 3. The van der Waals surface area contributed by atoms with Gasteiger partial charge >= 0.3 is 19.0 Å². The van der Waals surface area contributed by atoms with Crippen LogP contribution in [0.1, 0.15) is 20.8 Å². The van der Waals surface area contributed by atoms with Gasteiger partial charge in [0.15, 0.2) is 0 Å². The predicted octanol–water partition coefficient (Wildman–Crippen LogP) is 7.29. The summed E-state index contributed by atoms with van der Waals surface area (Å²) in [6.45, 7) is 1.04. The molecule has 1 atom stereocenters. The molecule has 4 aromatic rings. The van der Waals surface area contributed by atoms with E-state index in [9.17, 15) is 9.36 Å². The van der Waals surface area contributed by atoms with E-state index in [4.69, 9.17) is 9.26 Å². The number of fused-ring (bicyclic) bond motifs is 1. The van der Waals surface area contributed by atoms with Gasteiger partial charge in [-0.15, -0.1) is 11.3 Å². The quantitative estimate of drug-likeness (QED) is 0.209. The molecular formula is C24H19F2O4PS. The molecule has 8 heteroatoms. The molecule has 4 rings (SSSR count). The number of hydrogen-bond donors (Lipinski definition) is 0. The van der Waals surface area contributed by atoms with Crippen LogP contribution in [0.3, 0.4) is 0 Å². The number of para-hydroxylation sites is 1. The van der Waals surface area contributed by atoms with Gasteiger partial charge in [0.25, 0.3) is 0 Å². The molecule has 0 saturated carbocycles. The molecule has 1 aromatic heterocycles. The second kappa shape index (κ2) is 8.85. The maximum Gasteiger partial charge on any atom is 0.356 e. The maximum atomic E-state index is 15.1. The fourth-order valence-electron chi connectivity index (χ4n) is 3.10. The summed E-state index contributed by atoms with van der Waals surface area (Å²) in [5.74, 6) is -0.421. The lowest BCUT2D eigenvalue weighted by Crippen LogP contribution is -2.17. The van der Waals surface area contributed by atoms with Crippen molar-refractivity contribution in [2.24, 2.45) is 0 Å². The monoisotopic (exact) mass is 472 g/mol. The SMILES string of the molecule is CP(=O)(Oc1ccccc1)C(F)(F)c1ccc2sc(C(=O)OCc3ccccc3)cc2c1. The average Bonchev–Trinajstić information content (AvgIpc) is 3.22.